The third-order valence-electron chi connectivity index (χ3n) is 6.79. The van der Waals surface area contributed by atoms with Crippen molar-refractivity contribution in [2.75, 3.05) is 50.5 Å². The van der Waals surface area contributed by atoms with Gasteiger partial charge in [0, 0.05) is 58.1 Å². The van der Waals surface area contributed by atoms with Gasteiger partial charge in [0.2, 0.25) is 5.91 Å². The molecule has 0 saturated carbocycles. The van der Waals surface area contributed by atoms with E-state index in [4.69, 9.17) is 9.90 Å². The smallest absolute Gasteiger partial charge is 0.475 e. The summed E-state index contributed by atoms with van der Waals surface area (Å²) in [4.78, 5) is 45.7. The molecule has 38 heavy (non-hydrogen) atoms. The van der Waals surface area contributed by atoms with E-state index in [1.807, 2.05) is 68.4 Å². The highest BCUT2D eigenvalue weighted by atomic mass is 19.4. The first-order valence-corrected chi connectivity index (χ1v) is 12.1. The van der Waals surface area contributed by atoms with Crippen LogP contribution in [0.4, 0.5) is 29.5 Å². The molecular formula is C26H32F3N5O4. The van der Waals surface area contributed by atoms with Crippen LogP contribution in [-0.4, -0.2) is 84.2 Å². The number of carbonyl (C=O) groups excluding carboxylic acids is 2. The first-order valence-electron chi connectivity index (χ1n) is 12.1. The lowest BCUT2D eigenvalue weighted by molar-refractivity contribution is -0.192. The number of amides is 3. The van der Waals surface area contributed by atoms with Gasteiger partial charge >= 0.3 is 18.2 Å². The van der Waals surface area contributed by atoms with Crippen LogP contribution in [0.15, 0.2) is 48.7 Å². The minimum absolute atomic E-state index is 0.0511. The highest BCUT2D eigenvalue weighted by Crippen LogP contribution is 2.45. The summed E-state index contributed by atoms with van der Waals surface area (Å²) in [6.45, 7) is 4.57. The van der Waals surface area contributed by atoms with Crippen LogP contribution in [0.25, 0.3) is 0 Å². The number of carbonyl (C=O) groups is 3. The van der Waals surface area contributed by atoms with E-state index in [1.165, 1.54) is 0 Å². The Morgan fingerprint density at radius 2 is 1.84 bits per heavy atom. The summed E-state index contributed by atoms with van der Waals surface area (Å²) in [5.41, 5.74) is 1.40. The first kappa shape index (κ1) is 28.7. The standard InChI is InChI=1S/C24H31N5O2.C2HF3O2/c1-18-8-6-9-20(14-18)26-23(31)28-13-7-11-24(22(30)27(2)3)17-29(16-19(24)15-28)21-10-4-5-12-25-21;3-2(4,5)1(6)7/h4-6,8-10,12,14,19H,7,11,13,15-17H2,1-3H3,(H,26,31);(H,6,7)/t19-,24-;/m0./s1. The maximum atomic E-state index is 13.4. The van der Waals surface area contributed by atoms with E-state index in [0.29, 0.717) is 26.2 Å². The highest BCUT2D eigenvalue weighted by molar-refractivity contribution is 5.90. The van der Waals surface area contributed by atoms with Crippen LogP contribution in [0, 0.1) is 18.3 Å². The third-order valence-corrected chi connectivity index (χ3v) is 6.79. The van der Waals surface area contributed by atoms with Gasteiger partial charge < -0.3 is 25.1 Å². The number of pyridine rings is 1. The van der Waals surface area contributed by atoms with Gasteiger partial charge in [0.25, 0.3) is 0 Å². The predicted molar refractivity (Wildman–Crippen MR) is 136 cm³/mol. The molecule has 1 aromatic carbocycles. The Morgan fingerprint density at radius 3 is 2.42 bits per heavy atom. The van der Waals surface area contributed by atoms with E-state index in [1.54, 1.807) is 11.1 Å². The fraction of sp³-hybridized carbons (Fsp3) is 0.462. The van der Waals surface area contributed by atoms with Crippen LogP contribution in [0.2, 0.25) is 0 Å². The Morgan fingerprint density at radius 1 is 1.13 bits per heavy atom. The minimum Gasteiger partial charge on any atom is -0.475 e. The largest absolute Gasteiger partial charge is 0.490 e. The van der Waals surface area contributed by atoms with Crippen molar-refractivity contribution < 1.29 is 32.7 Å². The van der Waals surface area contributed by atoms with Gasteiger partial charge in [0.15, 0.2) is 0 Å². The highest BCUT2D eigenvalue weighted by Gasteiger charge is 2.54. The van der Waals surface area contributed by atoms with Gasteiger partial charge in [0.05, 0.1) is 5.41 Å². The molecule has 0 spiro atoms. The van der Waals surface area contributed by atoms with Gasteiger partial charge in [-0.25, -0.2) is 14.6 Å². The number of nitrogens with one attached hydrogen (secondary N) is 1. The molecule has 2 fully saturated rings. The Labute approximate surface area is 219 Å². The van der Waals surface area contributed by atoms with Crippen LogP contribution in [0.3, 0.4) is 0 Å². The van der Waals surface area contributed by atoms with Crippen molar-refractivity contribution in [2.24, 2.45) is 11.3 Å². The molecule has 9 nitrogen and oxygen atoms in total. The van der Waals surface area contributed by atoms with Gasteiger partial charge in [-0.1, -0.05) is 18.2 Å². The van der Waals surface area contributed by atoms with Gasteiger partial charge in [0.1, 0.15) is 5.82 Å². The number of aryl methyl sites for hydroxylation is 1. The molecule has 3 amide bonds. The van der Waals surface area contributed by atoms with Crippen molar-refractivity contribution in [3.05, 3.63) is 54.2 Å². The summed E-state index contributed by atoms with van der Waals surface area (Å²) in [5, 5.41) is 10.2. The second-order valence-corrected chi connectivity index (χ2v) is 9.77. The van der Waals surface area contributed by atoms with Gasteiger partial charge in [-0.3, -0.25) is 4.79 Å². The molecular weight excluding hydrogens is 503 g/mol. The van der Waals surface area contributed by atoms with Crippen molar-refractivity contribution in [1.29, 1.82) is 0 Å². The Kier molecular flexibility index (Phi) is 8.85. The van der Waals surface area contributed by atoms with Gasteiger partial charge in [-0.15, -0.1) is 0 Å². The normalized spacial score (nSPS) is 20.9. The third kappa shape index (κ3) is 6.73. The lowest BCUT2D eigenvalue weighted by Crippen LogP contribution is -2.48. The van der Waals surface area contributed by atoms with Gasteiger partial charge in [-0.2, -0.15) is 13.2 Å². The molecule has 2 N–H and O–H groups in total. The van der Waals surface area contributed by atoms with Crippen LogP contribution in [0.1, 0.15) is 18.4 Å². The van der Waals surface area contributed by atoms with Gasteiger partial charge in [-0.05, 0) is 49.6 Å². The fourth-order valence-corrected chi connectivity index (χ4v) is 5.05. The number of aliphatic carboxylic acids is 1. The average molecular weight is 536 g/mol. The number of rotatable bonds is 3. The van der Waals surface area contributed by atoms with Crippen LogP contribution >= 0.6 is 0 Å². The summed E-state index contributed by atoms with van der Waals surface area (Å²) in [6.07, 6.45) is -1.73. The molecule has 0 radical (unpaired) electrons. The number of nitrogens with zero attached hydrogens (tertiary/aromatic N) is 4. The molecule has 2 aliphatic rings. The topological polar surface area (TPSA) is 106 Å². The van der Waals surface area contributed by atoms with Crippen LogP contribution < -0.4 is 10.2 Å². The van der Waals surface area contributed by atoms with Crippen molar-refractivity contribution >= 4 is 29.4 Å². The SMILES string of the molecule is Cc1cccc(NC(=O)N2CCC[C@]3(C(=O)N(C)C)CN(c4ccccn4)C[C@@H]3C2)c1.O=C(O)C(F)(F)F. The number of halogens is 3. The number of aromatic nitrogens is 1. The van der Waals surface area contributed by atoms with E-state index in [0.717, 1.165) is 29.9 Å². The number of carboxylic acid groups (broad SMARTS) is 1. The molecule has 206 valence electrons. The second kappa shape index (κ2) is 11.7. The molecule has 0 unspecified atom stereocenters. The summed E-state index contributed by atoms with van der Waals surface area (Å²) in [5.74, 6) is -1.67. The van der Waals surface area contributed by atoms with Crippen LogP contribution in [0.5, 0.6) is 0 Å². The maximum absolute atomic E-state index is 13.4. The minimum atomic E-state index is -5.08. The molecule has 1 aromatic heterocycles. The lowest BCUT2D eigenvalue weighted by atomic mass is 9.74. The number of anilines is 2. The van der Waals surface area contributed by atoms with E-state index in [2.05, 4.69) is 15.2 Å². The zero-order valence-corrected chi connectivity index (χ0v) is 21.5. The zero-order chi connectivity index (χ0) is 28.1. The maximum Gasteiger partial charge on any atom is 0.490 e. The molecule has 2 atom stereocenters. The zero-order valence-electron chi connectivity index (χ0n) is 21.5. The molecule has 3 heterocycles. The summed E-state index contributed by atoms with van der Waals surface area (Å²) in [7, 11) is 3.65. The Balaban J connectivity index is 0.000000505. The number of hydrogen-bond acceptors (Lipinski definition) is 5. The summed E-state index contributed by atoms with van der Waals surface area (Å²) in [6, 6.07) is 13.6. The van der Waals surface area contributed by atoms with Crippen molar-refractivity contribution in [2.45, 2.75) is 25.9 Å². The average Bonchev–Trinajstić information content (AvgIpc) is 3.12. The molecule has 4 rings (SSSR count). The van der Waals surface area contributed by atoms with E-state index in [-0.39, 0.29) is 17.9 Å². The number of carboxylic acids is 1. The Bertz CT molecular complexity index is 1150. The number of hydrogen-bond donors (Lipinski definition) is 2. The second-order valence-electron chi connectivity index (χ2n) is 9.77. The summed E-state index contributed by atoms with van der Waals surface area (Å²) >= 11 is 0. The quantitative estimate of drug-likeness (QED) is 0.619. The molecule has 0 aliphatic carbocycles. The van der Waals surface area contributed by atoms with E-state index < -0.39 is 17.6 Å². The molecule has 2 saturated heterocycles. The van der Waals surface area contributed by atoms with Crippen molar-refractivity contribution in [1.82, 2.24) is 14.8 Å². The predicted octanol–water partition coefficient (Wildman–Crippen LogP) is 3.86. The molecule has 12 heteroatoms. The molecule has 0 bridgehead atoms. The van der Waals surface area contributed by atoms with Crippen molar-refractivity contribution in [3.8, 4) is 0 Å². The lowest BCUT2D eigenvalue weighted by Gasteiger charge is -2.34. The molecule has 2 aromatic rings. The van der Waals surface area contributed by atoms with E-state index >= 15 is 0 Å². The van der Waals surface area contributed by atoms with E-state index in [9.17, 15) is 22.8 Å². The number of fused-ring (bicyclic) bond motifs is 1. The van der Waals surface area contributed by atoms with Crippen molar-refractivity contribution in [3.63, 3.8) is 0 Å². The molecule has 2 aliphatic heterocycles. The number of benzene rings is 1. The Hall–Kier alpha value is -3.83. The first-order chi connectivity index (χ1) is 17.8. The van der Waals surface area contributed by atoms with Crippen LogP contribution in [-0.2, 0) is 9.59 Å². The number of urea groups is 1. The number of likely N-dealkylation sites (tertiary alicyclic amines) is 1. The monoisotopic (exact) mass is 535 g/mol. The number of alkyl halides is 3. The fourth-order valence-electron chi connectivity index (χ4n) is 5.05. The summed E-state index contributed by atoms with van der Waals surface area (Å²) < 4.78 is 31.7.